The van der Waals surface area contributed by atoms with Crippen molar-refractivity contribution >= 4 is 27.3 Å². The van der Waals surface area contributed by atoms with E-state index in [-0.39, 0.29) is 15.2 Å². The minimum atomic E-state index is -3.75. The summed E-state index contributed by atoms with van der Waals surface area (Å²) in [4.78, 5) is 10.9. The first-order valence-corrected chi connectivity index (χ1v) is 8.42. The molecule has 0 amide bonds. The largest absolute Gasteiger partial charge is 0.477 e. The number of sulfonamides is 1. The number of aryl methyl sites for hydroxylation is 1. The first-order chi connectivity index (χ1) is 8.75. The fourth-order valence-electron chi connectivity index (χ4n) is 2.21. The van der Waals surface area contributed by atoms with Crippen LogP contribution in [0, 0.1) is 12.3 Å². The molecule has 19 heavy (non-hydrogen) atoms. The number of carbonyl (C=O) groups is 1. The molecule has 1 fully saturated rings. The Morgan fingerprint density at radius 2 is 2.16 bits per heavy atom. The van der Waals surface area contributed by atoms with Gasteiger partial charge in [-0.05, 0) is 36.1 Å². The molecule has 0 saturated heterocycles. The highest BCUT2D eigenvalue weighted by Crippen LogP contribution is 2.40. The third-order valence-corrected chi connectivity index (χ3v) is 6.43. The van der Waals surface area contributed by atoms with Crippen molar-refractivity contribution in [1.29, 1.82) is 0 Å². The predicted octanol–water partition coefficient (Wildman–Crippen LogP) is 2.22. The van der Waals surface area contributed by atoms with Crippen LogP contribution in [-0.2, 0) is 10.0 Å². The van der Waals surface area contributed by atoms with Gasteiger partial charge in [-0.2, -0.15) is 0 Å². The zero-order valence-electron chi connectivity index (χ0n) is 10.9. The normalized spacial score (nSPS) is 18.0. The Hall–Kier alpha value is -0.920. The molecule has 0 radical (unpaired) electrons. The number of nitrogens with one attached hydrogen (secondary N) is 1. The van der Waals surface area contributed by atoms with E-state index in [9.17, 15) is 13.2 Å². The minimum absolute atomic E-state index is 0.0143. The van der Waals surface area contributed by atoms with Crippen molar-refractivity contribution in [3.8, 4) is 0 Å². The molecule has 0 spiro atoms. The summed E-state index contributed by atoms with van der Waals surface area (Å²) in [6.07, 6.45) is 3.13. The molecular weight excluding hydrogens is 286 g/mol. The van der Waals surface area contributed by atoms with Crippen LogP contribution in [0.4, 0.5) is 0 Å². The zero-order valence-corrected chi connectivity index (χ0v) is 12.5. The van der Waals surface area contributed by atoms with E-state index in [4.69, 9.17) is 5.11 Å². The number of aromatic carboxylic acids is 1. The number of thiophene rings is 1. The quantitative estimate of drug-likeness (QED) is 0.873. The van der Waals surface area contributed by atoms with Gasteiger partial charge in [-0.1, -0.05) is 13.3 Å². The van der Waals surface area contributed by atoms with Crippen molar-refractivity contribution in [1.82, 2.24) is 4.72 Å². The second-order valence-electron chi connectivity index (χ2n) is 5.37. The Labute approximate surface area is 116 Å². The van der Waals surface area contributed by atoms with Crippen molar-refractivity contribution < 1.29 is 18.3 Å². The first-order valence-electron chi connectivity index (χ1n) is 6.06. The molecule has 1 aliphatic carbocycles. The lowest BCUT2D eigenvalue weighted by Crippen LogP contribution is -2.40. The van der Waals surface area contributed by atoms with Crippen molar-refractivity contribution in [3.05, 3.63) is 15.8 Å². The van der Waals surface area contributed by atoms with Crippen molar-refractivity contribution in [3.63, 3.8) is 0 Å². The summed E-state index contributed by atoms with van der Waals surface area (Å²) in [6, 6.07) is 0. The maximum Gasteiger partial charge on any atom is 0.347 e. The standard InChI is InChI=1S/C12H17NO4S2/c1-8-6-18-9(11(14)15)10(8)19(16,17)13-7-12(2)4-3-5-12/h6,13H,3-5,7H2,1-2H3,(H,14,15). The van der Waals surface area contributed by atoms with Gasteiger partial charge in [-0.15, -0.1) is 11.3 Å². The molecule has 0 aliphatic heterocycles. The molecule has 1 aromatic heterocycles. The molecule has 2 N–H and O–H groups in total. The van der Waals surface area contributed by atoms with Gasteiger partial charge in [0.1, 0.15) is 9.77 Å². The smallest absolute Gasteiger partial charge is 0.347 e. The molecule has 2 rings (SSSR count). The van der Waals surface area contributed by atoms with E-state index in [1.807, 2.05) is 6.92 Å². The summed E-state index contributed by atoms with van der Waals surface area (Å²) in [5, 5.41) is 10.6. The Bertz CT molecular complexity index is 599. The van der Waals surface area contributed by atoms with Gasteiger partial charge >= 0.3 is 5.97 Å². The van der Waals surface area contributed by atoms with E-state index in [1.54, 1.807) is 12.3 Å². The average Bonchev–Trinajstić information content (AvgIpc) is 2.67. The number of rotatable bonds is 5. The molecule has 5 nitrogen and oxygen atoms in total. The molecule has 1 saturated carbocycles. The zero-order chi connectivity index (χ0) is 14.3. The Balaban J connectivity index is 2.24. The van der Waals surface area contributed by atoms with Gasteiger partial charge in [0, 0.05) is 6.54 Å². The minimum Gasteiger partial charge on any atom is -0.477 e. The molecule has 0 aromatic carbocycles. The fraction of sp³-hybridized carbons (Fsp3) is 0.583. The monoisotopic (exact) mass is 303 g/mol. The summed E-state index contributed by atoms with van der Waals surface area (Å²) in [6.45, 7) is 4.02. The molecular formula is C12H17NO4S2. The summed E-state index contributed by atoms with van der Waals surface area (Å²) in [7, 11) is -3.75. The van der Waals surface area contributed by atoms with Crippen molar-refractivity contribution in [2.75, 3.05) is 6.54 Å². The summed E-state index contributed by atoms with van der Waals surface area (Å²) in [5.41, 5.74) is 0.495. The SMILES string of the molecule is Cc1csc(C(=O)O)c1S(=O)(=O)NCC1(C)CCC1. The van der Waals surface area contributed by atoms with Crippen LogP contribution in [0.25, 0.3) is 0 Å². The highest BCUT2D eigenvalue weighted by atomic mass is 32.2. The Morgan fingerprint density at radius 1 is 1.53 bits per heavy atom. The van der Waals surface area contributed by atoms with Gasteiger partial charge < -0.3 is 5.11 Å². The van der Waals surface area contributed by atoms with Crippen LogP contribution in [-0.4, -0.2) is 26.0 Å². The average molecular weight is 303 g/mol. The Kier molecular flexibility index (Phi) is 3.72. The van der Waals surface area contributed by atoms with E-state index < -0.39 is 16.0 Å². The van der Waals surface area contributed by atoms with E-state index in [2.05, 4.69) is 4.72 Å². The first kappa shape index (κ1) is 14.5. The third-order valence-electron chi connectivity index (χ3n) is 3.63. The summed E-state index contributed by atoms with van der Waals surface area (Å²) >= 11 is 0.946. The van der Waals surface area contributed by atoms with E-state index in [1.165, 1.54) is 0 Å². The maximum absolute atomic E-state index is 12.3. The van der Waals surface area contributed by atoms with E-state index in [0.717, 1.165) is 30.6 Å². The number of carboxylic acids is 1. The van der Waals surface area contributed by atoms with Gasteiger partial charge in [0.05, 0.1) is 0 Å². The van der Waals surface area contributed by atoms with Crippen molar-refractivity contribution in [2.24, 2.45) is 5.41 Å². The predicted molar refractivity (Wildman–Crippen MR) is 73.2 cm³/mol. The Morgan fingerprint density at radius 3 is 2.63 bits per heavy atom. The molecule has 1 aliphatic rings. The molecule has 1 heterocycles. The summed E-state index contributed by atoms with van der Waals surface area (Å²) < 4.78 is 27.1. The summed E-state index contributed by atoms with van der Waals surface area (Å²) in [5.74, 6) is -1.20. The lowest BCUT2D eigenvalue weighted by molar-refractivity contribution is 0.0698. The topological polar surface area (TPSA) is 83.5 Å². The fourth-order valence-corrected chi connectivity index (χ4v) is 5.04. The van der Waals surface area contributed by atoms with Crippen LogP contribution in [0.5, 0.6) is 0 Å². The molecule has 0 bridgehead atoms. The second-order valence-corrected chi connectivity index (χ2v) is 7.95. The second kappa shape index (κ2) is 4.88. The van der Waals surface area contributed by atoms with Gasteiger partial charge in [-0.3, -0.25) is 0 Å². The lowest BCUT2D eigenvalue weighted by Gasteiger charge is -2.38. The van der Waals surface area contributed by atoms with Crippen LogP contribution in [0.3, 0.4) is 0 Å². The van der Waals surface area contributed by atoms with Crippen LogP contribution < -0.4 is 4.72 Å². The van der Waals surface area contributed by atoms with Crippen LogP contribution in [0.15, 0.2) is 10.3 Å². The number of hydrogen-bond acceptors (Lipinski definition) is 4. The third kappa shape index (κ3) is 2.82. The van der Waals surface area contributed by atoms with Gasteiger partial charge in [0.2, 0.25) is 10.0 Å². The van der Waals surface area contributed by atoms with Crippen LogP contribution in [0.1, 0.15) is 41.4 Å². The van der Waals surface area contributed by atoms with Crippen LogP contribution in [0.2, 0.25) is 0 Å². The highest BCUT2D eigenvalue weighted by molar-refractivity contribution is 7.89. The van der Waals surface area contributed by atoms with E-state index >= 15 is 0 Å². The maximum atomic E-state index is 12.3. The lowest BCUT2D eigenvalue weighted by atomic mass is 9.71. The van der Waals surface area contributed by atoms with Gasteiger partial charge in [0.15, 0.2) is 0 Å². The molecule has 1 aromatic rings. The number of carboxylic acid groups (broad SMARTS) is 1. The van der Waals surface area contributed by atoms with Crippen molar-refractivity contribution in [2.45, 2.75) is 38.0 Å². The van der Waals surface area contributed by atoms with E-state index in [0.29, 0.717) is 12.1 Å². The molecule has 106 valence electrons. The van der Waals surface area contributed by atoms with Gasteiger partial charge in [-0.25, -0.2) is 17.9 Å². The highest BCUT2D eigenvalue weighted by Gasteiger charge is 2.34. The molecule has 0 atom stereocenters. The molecule has 0 unspecified atom stereocenters. The number of hydrogen-bond donors (Lipinski definition) is 2. The molecule has 7 heteroatoms. The van der Waals surface area contributed by atoms with Gasteiger partial charge in [0.25, 0.3) is 0 Å². The van der Waals surface area contributed by atoms with Crippen LogP contribution >= 0.6 is 11.3 Å².